The van der Waals surface area contributed by atoms with Gasteiger partial charge >= 0.3 is 0 Å². The maximum absolute atomic E-state index is 12.7. The molecule has 9 heteroatoms. The Kier molecular flexibility index (Phi) is 5.05. The van der Waals surface area contributed by atoms with E-state index < -0.39 is 5.41 Å². The number of amides is 2. The Bertz CT molecular complexity index is 620. The fraction of sp³-hybridized carbons (Fsp3) is 0.733. The molecule has 0 bridgehead atoms. The summed E-state index contributed by atoms with van der Waals surface area (Å²) >= 11 is 5.65. The number of aromatic amines is 1. The molecule has 2 amide bonds. The van der Waals surface area contributed by atoms with Crippen molar-refractivity contribution in [3.05, 3.63) is 11.1 Å². The number of aryl methyl sites for hydroxylation is 1. The zero-order valence-corrected chi connectivity index (χ0v) is 14.3. The second-order valence-corrected chi connectivity index (χ2v) is 6.85. The minimum absolute atomic E-state index is 0.0199. The van der Waals surface area contributed by atoms with E-state index in [4.69, 9.17) is 16.7 Å². The first-order valence-corrected chi connectivity index (χ1v) is 8.67. The highest BCUT2D eigenvalue weighted by atomic mass is 35.5. The summed E-state index contributed by atoms with van der Waals surface area (Å²) in [7, 11) is 0. The SMILES string of the molecule is O=C(CCc1nc(Cl)n[nH]1)N1CC[C@@]2(CCCN(CCO)C2=O)C1. The summed E-state index contributed by atoms with van der Waals surface area (Å²) < 4.78 is 0. The third-order valence-electron chi connectivity index (χ3n) is 4.98. The third-order valence-corrected chi connectivity index (χ3v) is 5.15. The summed E-state index contributed by atoms with van der Waals surface area (Å²) in [5.74, 6) is 0.691. The number of aliphatic hydroxyl groups excluding tert-OH is 1. The van der Waals surface area contributed by atoms with E-state index in [1.807, 2.05) is 0 Å². The van der Waals surface area contributed by atoms with E-state index >= 15 is 0 Å². The number of carbonyl (C=O) groups excluding carboxylic acids is 2. The Labute approximate surface area is 145 Å². The summed E-state index contributed by atoms with van der Waals surface area (Å²) in [6.07, 6.45) is 3.20. The van der Waals surface area contributed by atoms with Gasteiger partial charge in [0.25, 0.3) is 0 Å². The lowest BCUT2D eigenvalue weighted by molar-refractivity contribution is -0.146. The van der Waals surface area contributed by atoms with Crippen LogP contribution in [0.4, 0.5) is 0 Å². The Balaban J connectivity index is 1.57. The fourth-order valence-corrected chi connectivity index (χ4v) is 3.86. The number of β-amino-alcohol motifs (C(OH)–C–C–N with tert-alkyl or cyclic N) is 1. The molecule has 0 aliphatic carbocycles. The number of aliphatic hydroxyl groups is 1. The second kappa shape index (κ2) is 7.06. The number of rotatable bonds is 5. The molecule has 2 N–H and O–H groups in total. The molecule has 24 heavy (non-hydrogen) atoms. The van der Waals surface area contributed by atoms with Crippen molar-refractivity contribution in [2.75, 3.05) is 32.8 Å². The van der Waals surface area contributed by atoms with Gasteiger partial charge in [-0.15, -0.1) is 5.10 Å². The van der Waals surface area contributed by atoms with Crippen molar-refractivity contribution < 1.29 is 14.7 Å². The summed E-state index contributed by atoms with van der Waals surface area (Å²) in [5.41, 5.74) is -0.460. The number of nitrogens with zero attached hydrogens (tertiary/aromatic N) is 4. The third kappa shape index (κ3) is 3.39. The van der Waals surface area contributed by atoms with Gasteiger partial charge in [-0.05, 0) is 30.9 Å². The largest absolute Gasteiger partial charge is 0.395 e. The van der Waals surface area contributed by atoms with Gasteiger partial charge in [-0.1, -0.05) is 0 Å². The number of carbonyl (C=O) groups is 2. The van der Waals surface area contributed by atoms with E-state index in [1.54, 1.807) is 9.80 Å². The summed E-state index contributed by atoms with van der Waals surface area (Å²) in [6, 6.07) is 0. The molecule has 0 radical (unpaired) electrons. The van der Waals surface area contributed by atoms with Crippen molar-refractivity contribution >= 4 is 23.4 Å². The molecule has 2 aliphatic heterocycles. The van der Waals surface area contributed by atoms with Crippen LogP contribution in [0.2, 0.25) is 5.28 Å². The molecule has 0 unspecified atom stereocenters. The quantitative estimate of drug-likeness (QED) is 0.786. The molecule has 2 saturated heterocycles. The zero-order valence-electron chi connectivity index (χ0n) is 13.5. The first kappa shape index (κ1) is 17.2. The lowest BCUT2D eigenvalue weighted by Gasteiger charge is -2.39. The van der Waals surface area contributed by atoms with Gasteiger partial charge in [0.05, 0.1) is 12.0 Å². The molecule has 0 aromatic carbocycles. The van der Waals surface area contributed by atoms with E-state index in [9.17, 15) is 9.59 Å². The Morgan fingerprint density at radius 1 is 1.38 bits per heavy atom. The maximum Gasteiger partial charge on any atom is 0.242 e. The maximum atomic E-state index is 12.7. The van der Waals surface area contributed by atoms with Gasteiger partial charge in [0.15, 0.2) is 0 Å². The van der Waals surface area contributed by atoms with Crippen LogP contribution < -0.4 is 0 Å². The molecule has 1 spiro atoms. The molecular weight excluding hydrogens is 334 g/mol. The Morgan fingerprint density at radius 2 is 2.21 bits per heavy atom. The molecule has 1 aromatic rings. The zero-order chi connectivity index (χ0) is 17.2. The van der Waals surface area contributed by atoms with Gasteiger partial charge in [0.1, 0.15) is 5.82 Å². The lowest BCUT2D eigenvalue weighted by atomic mass is 9.78. The van der Waals surface area contributed by atoms with Crippen molar-refractivity contribution in [3.63, 3.8) is 0 Å². The van der Waals surface area contributed by atoms with Crippen LogP contribution in [0.25, 0.3) is 0 Å². The number of likely N-dealkylation sites (tertiary alicyclic amines) is 2. The molecule has 8 nitrogen and oxygen atoms in total. The van der Waals surface area contributed by atoms with Crippen molar-refractivity contribution in [1.29, 1.82) is 0 Å². The average molecular weight is 356 g/mol. The van der Waals surface area contributed by atoms with Gasteiger partial charge in [0, 0.05) is 39.0 Å². The molecule has 2 fully saturated rings. The van der Waals surface area contributed by atoms with E-state index in [-0.39, 0.29) is 23.7 Å². The van der Waals surface area contributed by atoms with Gasteiger partial charge in [-0.2, -0.15) is 0 Å². The molecule has 1 atom stereocenters. The normalized spacial score (nSPS) is 24.2. The first-order chi connectivity index (χ1) is 11.5. The number of aromatic nitrogens is 3. The van der Waals surface area contributed by atoms with Gasteiger partial charge in [-0.25, -0.2) is 4.98 Å². The number of piperidine rings is 1. The van der Waals surface area contributed by atoms with Crippen LogP contribution in [0, 0.1) is 5.41 Å². The van der Waals surface area contributed by atoms with E-state index in [0.717, 1.165) is 12.8 Å². The topological polar surface area (TPSA) is 102 Å². The van der Waals surface area contributed by atoms with E-state index in [0.29, 0.717) is 51.3 Å². The molecule has 1 aromatic heterocycles. The van der Waals surface area contributed by atoms with Gasteiger partial charge < -0.3 is 14.9 Å². The summed E-state index contributed by atoms with van der Waals surface area (Å²) in [5, 5.41) is 15.7. The van der Waals surface area contributed by atoms with Crippen molar-refractivity contribution in [3.8, 4) is 0 Å². The number of nitrogens with one attached hydrogen (secondary N) is 1. The molecule has 3 heterocycles. The predicted octanol–water partition coefficient (Wildman–Crippen LogP) is 0.224. The monoisotopic (exact) mass is 355 g/mol. The Morgan fingerprint density at radius 3 is 2.92 bits per heavy atom. The highest BCUT2D eigenvalue weighted by Gasteiger charge is 2.49. The van der Waals surface area contributed by atoms with Crippen molar-refractivity contribution in [1.82, 2.24) is 25.0 Å². The highest BCUT2D eigenvalue weighted by molar-refractivity contribution is 6.28. The van der Waals surface area contributed by atoms with E-state index in [1.165, 1.54) is 0 Å². The van der Waals surface area contributed by atoms with Crippen LogP contribution in [0.1, 0.15) is 31.5 Å². The summed E-state index contributed by atoms with van der Waals surface area (Å²) in [4.78, 5) is 32.6. The van der Waals surface area contributed by atoms with Crippen molar-refractivity contribution in [2.45, 2.75) is 32.1 Å². The molecule has 132 valence electrons. The fourth-order valence-electron chi connectivity index (χ4n) is 3.72. The number of halogens is 1. The van der Waals surface area contributed by atoms with Crippen LogP contribution in [0.3, 0.4) is 0 Å². The number of H-pyrrole nitrogens is 1. The van der Waals surface area contributed by atoms with E-state index in [2.05, 4.69) is 15.2 Å². The van der Waals surface area contributed by atoms with Crippen LogP contribution >= 0.6 is 11.6 Å². The standard InChI is InChI=1S/C15H22ClN5O3/c16-14-17-11(18-19-14)2-3-12(23)21-7-5-15(10-21)4-1-6-20(8-9-22)13(15)24/h22H,1-10H2,(H,17,18,19)/t15-/m0/s1. The smallest absolute Gasteiger partial charge is 0.242 e. The van der Waals surface area contributed by atoms with Gasteiger partial charge in [-0.3, -0.25) is 14.7 Å². The van der Waals surface area contributed by atoms with Crippen LogP contribution in [-0.2, 0) is 16.0 Å². The number of hydrogen-bond donors (Lipinski definition) is 2. The molecule has 2 aliphatic rings. The van der Waals surface area contributed by atoms with Crippen LogP contribution in [0.15, 0.2) is 0 Å². The molecule has 3 rings (SSSR count). The first-order valence-electron chi connectivity index (χ1n) is 8.29. The Hall–Kier alpha value is -1.67. The van der Waals surface area contributed by atoms with Gasteiger partial charge in [0.2, 0.25) is 17.1 Å². The van der Waals surface area contributed by atoms with Crippen LogP contribution in [0.5, 0.6) is 0 Å². The van der Waals surface area contributed by atoms with Crippen LogP contribution in [-0.4, -0.2) is 74.7 Å². The predicted molar refractivity (Wildman–Crippen MR) is 86.2 cm³/mol. The second-order valence-electron chi connectivity index (χ2n) is 6.52. The molecular formula is C15H22ClN5O3. The minimum atomic E-state index is -0.460. The van der Waals surface area contributed by atoms with Crippen molar-refractivity contribution in [2.24, 2.45) is 5.41 Å². The lowest BCUT2D eigenvalue weighted by Crippen LogP contribution is -2.51. The number of hydrogen-bond acceptors (Lipinski definition) is 5. The summed E-state index contributed by atoms with van der Waals surface area (Å²) in [6.45, 7) is 2.13. The average Bonchev–Trinajstić information content (AvgIpc) is 3.17. The highest BCUT2D eigenvalue weighted by Crippen LogP contribution is 2.40. The minimum Gasteiger partial charge on any atom is -0.395 e. The molecule has 0 saturated carbocycles.